The normalized spacial score (nSPS) is 19.9. The van der Waals surface area contributed by atoms with Gasteiger partial charge in [-0.05, 0) is 29.8 Å². The van der Waals surface area contributed by atoms with Gasteiger partial charge in [0, 0.05) is 30.7 Å². The number of benzene rings is 2. The molecule has 1 saturated heterocycles. The molecule has 3 rings (SSSR count). The summed E-state index contributed by atoms with van der Waals surface area (Å²) >= 11 is 0. The highest BCUT2D eigenvalue weighted by Crippen LogP contribution is 2.26. The zero-order valence-electron chi connectivity index (χ0n) is 14.2. The van der Waals surface area contributed by atoms with Gasteiger partial charge in [0.1, 0.15) is 5.75 Å². The van der Waals surface area contributed by atoms with Crippen LogP contribution in [0.3, 0.4) is 0 Å². The predicted octanol–water partition coefficient (Wildman–Crippen LogP) is 2.48. The molecule has 5 nitrogen and oxygen atoms in total. The molecule has 0 unspecified atom stereocenters. The fourth-order valence-corrected chi connectivity index (χ4v) is 3.17. The summed E-state index contributed by atoms with van der Waals surface area (Å²) in [6.45, 7) is 1.89. The molecule has 1 aliphatic rings. The third-order valence-corrected chi connectivity index (χ3v) is 4.41. The molecule has 6 heteroatoms. The molecule has 2 aromatic rings. The minimum atomic E-state index is -0.0268. The average Bonchev–Trinajstić information content (AvgIpc) is 2.96. The molecular weight excluding hydrogens is 338 g/mol. The molecule has 0 aliphatic carbocycles. The molecule has 1 heterocycles. The third-order valence-electron chi connectivity index (χ3n) is 4.41. The lowest BCUT2D eigenvalue weighted by Crippen LogP contribution is -2.33. The maximum absolute atomic E-state index is 12.2. The summed E-state index contributed by atoms with van der Waals surface area (Å²) in [6, 6.07) is 17.6. The fraction of sp³-hybridized carbons (Fsp3) is 0.316. The monoisotopic (exact) mass is 361 g/mol. The smallest absolute Gasteiger partial charge is 0.238 e. The SMILES string of the molecule is COc1ccc(NC(=O)CN2C[C@@H](N)[C@H](c3ccccc3)C2)cc1.Cl. The molecule has 0 saturated carbocycles. The van der Waals surface area contributed by atoms with Crippen molar-refractivity contribution in [2.45, 2.75) is 12.0 Å². The second-order valence-electron chi connectivity index (χ2n) is 6.15. The number of hydrogen-bond donors (Lipinski definition) is 2. The third kappa shape index (κ3) is 4.95. The Bertz CT molecular complexity index is 679. The number of amides is 1. The highest BCUT2D eigenvalue weighted by atomic mass is 35.5. The van der Waals surface area contributed by atoms with Crippen molar-refractivity contribution in [2.24, 2.45) is 5.73 Å². The first-order valence-electron chi connectivity index (χ1n) is 8.12. The Balaban J connectivity index is 0.00000225. The van der Waals surface area contributed by atoms with E-state index in [0.29, 0.717) is 6.54 Å². The molecule has 1 fully saturated rings. The van der Waals surface area contributed by atoms with Crippen LogP contribution >= 0.6 is 12.4 Å². The minimum Gasteiger partial charge on any atom is -0.497 e. The lowest BCUT2D eigenvalue weighted by molar-refractivity contribution is -0.117. The van der Waals surface area contributed by atoms with E-state index in [2.05, 4.69) is 22.3 Å². The van der Waals surface area contributed by atoms with Crippen LogP contribution in [0.4, 0.5) is 5.69 Å². The number of ether oxygens (including phenoxy) is 1. The topological polar surface area (TPSA) is 67.6 Å². The Morgan fingerprint density at radius 2 is 1.84 bits per heavy atom. The molecule has 1 amide bonds. The number of carbonyl (C=O) groups is 1. The van der Waals surface area contributed by atoms with Crippen LogP contribution in [0.5, 0.6) is 5.75 Å². The van der Waals surface area contributed by atoms with Crippen molar-refractivity contribution in [1.82, 2.24) is 4.90 Å². The molecule has 134 valence electrons. The van der Waals surface area contributed by atoms with Crippen LogP contribution in [0.1, 0.15) is 11.5 Å². The molecule has 2 atom stereocenters. The van der Waals surface area contributed by atoms with Crippen molar-refractivity contribution in [3.05, 3.63) is 60.2 Å². The molecule has 0 radical (unpaired) electrons. The summed E-state index contributed by atoms with van der Waals surface area (Å²) in [4.78, 5) is 14.4. The number of anilines is 1. The van der Waals surface area contributed by atoms with Crippen molar-refractivity contribution in [2.75, 3.05) is 32.1 Å². The summed E-state index contributed by atoms with van der Waals surface area (Å²) in [5.74, 6) is 1.02. The van der Waals surface area contributed by atoms with Crippen LogP contribution in [-0.4, -0.2) is 43.6 Å². The number of carbonyl (C=O) groups excluding carboxylic acids is 1. The van der Waals surface area contributed by atoms with Gasteiger partial charge >= 0.3 is 0 Å². The second kappa shape index (κ2) is 8.85. The highest BCUT2D eigenvalue weighted by Gasteiger charge is 2.31. The number of methoxy groups -OCH3 is 1. The van der Waals surface area contributed by atoms with Crippen LogP contribution < -0.4 is 15.8 Å². The Kier molecular flexibility index (Phi) is 6.82. The van der Waals surface area contributed by atoms with Crippen LogP contribution in [0.15, 0.2) is 54.6 Å². The predicted molar refractivity (Wildman–Crippen MR) is 102 cm³/mol. The molecule has 1 aliphatic heterocycles. The lowest BCUT2D eigenvalue weighted by Gasteiger charge is -2.16. The first kappa shape index (κ1) is 19.2. The van der Waals surface area contributed by atoms with Crippen LogP contribution in [0.2, 0.25) is 0 Å². The van der Waals surface area contributed by atoms with Gasteiger partial charge in [-0.15, -0.1) is 12.4 Å². The van der Waals surface area contributed by atoms with Crippen molar-refractivity contribution >= 4 is 24.0 Å². The van der Waals surface area contributed by atoms with Gasteiger partial charge in [0.25, 0.3) is 0 Å². The number of nitrogens with one attached hydrogen (secondary N) is 1. The number of halogens is 1. The van der Waals surface area contributed by atoms with E-state index in [0.717, 1.165) is 24.5 Å². The van der Waals surface area contributed by atoms with Crippen LogP contribution in [0, 0.1) is 0 Å². The number of nitrogens with zero attached hydrogens (tertiary/aromatic N) is 1. The second-order valence-corrected chi connectivity index (χ2v) is 6.15. The minimum absolute atomic E-state index is 0. The summed E-state index contributed by atoms with van der Waals surface area (Å²) in [7, 11) is 1.62. The van der Waals surface area contributed by atoms with Crippen LogP contribution in [-0.2, 0) is 4.79 Å². The van der Waals surface area contributed by atoms with Gasteiger partial charge < -0.3 is 15.8 Å². The fourth-order valence-electron chi connectivity index (χ4n) is 3.17. The molecule has 0 bridgehead atoms. The largest absolute Gasteiger partial charge is 0.497 e. The number of likely N-dealkylation sites (tertiary alicyclic amines) is 1. The van der Waals surface area contributed by atoms with Crippen LogP contribution in [0.25, 0.3) is 0 Å². The van der Waals surface area contributed by atoms with E-state index < -0.39 is 0 Å². The van der Waals surface area contributed by atoms with E-state index in [9.17, 15) is 4.79 Å². The standard InChI is InChI=1S/C19H23N3O2.ClH/c1-24-16-9-7-15(8-10-16)21-19(23)13-22-11-17(18(20)12-22)14-5-3-2-4-6-14;/h2-10,17-18H,11-13,20H2,1H3,(H,21,23);1H/t17-,18+;/m0./s1. The van der Waals surface area contributed by atoms with E-state index in [4.69, 9.17) is 10.5 Å². The number of nitrogens with two attached hydrogens (primary N) is 1. The van der Waals surface area contributed by atoms with E-state index in [1.165, 1.54) is 5.56 Å². The number of rotatable bonds is 5. The van der Waals surface area contributed by atoms with Gasteiger partial charge in [0.2, 0.25) is 5.91 Å². The van der Waals surface area contributed by atoms with Gasteiger partial charge in [-0.1, -0.05) is 30.3 Å². The zero-order chi connectivity index (χ0) is 16.9. The Morgan fingerprint density at radius 3 is 2.48 bits per heavy atom. The molecule has 2 aromatic carbocycles. The molecule has 0 spiro atoms. The van der Waals surface area contributed by atoms with Crippen molar-refractivity contribution in [3.63, 3.8) is 0 Å². The molecule has 0 aromatic heterocycles. The van der Waals surface area contributed by atoms with Gasteiger partial charge in [0.05, 0.1) is 13.7 Å². The first-order valence-corrected chi connectivity index (χ1v) is 8.12. The average molecular weight is 362 g/mol. The van der Waals surface area contributed by atoms with Gasteiger partial charge in [-0.3, -0.25) is 9.69 Å². The molecule has 3 N–H and O–H groups in total. The highest BCUT2D eigenvalue weighted by molar-refractivity contribution is 5.92. The van der Waals surface area contributed by atoms with Gasteiger partial charge in [0.15, 0.2) is 0 Å². The summed E-state index contributed by atoms with van der Waals surface area (Å²) < 4.78 is 5.11. The zero-order valence-corrected chi connectivity index (χ0v) is 15.0. The van der Waals surface area contributed by atoms with Gasteiger partial charge in [-0.2, -0.15) is 0 Å². The van der Waals surface area contributed by atoms with E-state index >= 15 is 0 Å². The lowest BCUT2D eigenvalue weighted by atomic mass is 9.95. The summed E-state index contributed by atoms with van der Waals surface area (Å²) in [5.41, 5.74) is 8.28. The maximum atomic E-state index is 12.2. The molecular formula is C19H24ClN3O2. The quantitative estimate of drug-likeness (QED) is 0.858. The van der Waals surface area contributed by atoms with Gasteiger partial charge in [-0.25, -0.2) is 0 Å². The van der Waals surface area contributed by atoms with Crippen molar-refractivity contribution in [1.29, 1.82) is 0 Å². The molecule has 25 heavy (non-hydrogen) atoms. The van der Waals surface area contributed by atoms with E-state index in [-0.39, 0.29) is 30.3 Å². The Hall–Kier alpha value is -2.08. The van der Waals surface area contributed by atoms with Crippen molar-refractivity contribution in [3.8, 4) is 5.75 Å². The van der Waals surface area contributed by atoms with Crippen molar-refractivity contribution < 1.29 is 9.53 Å². The Morgan fingerprint density at radius 1 is 1.16 bits per heavy atom. The summed E-state index contributed by atoms with van der Waals surface area (Å²) in [6.07, 6.45) is 0. The Labute approximate surface area is 154 Å². The summed E-state index contributed by atoms with van der Waals surface area (Å²) in [5, 5.41) is 2.91. The van der Waals surface area contributed by atoms with E-state index in [1.54, 1.807) is 7.11 Å². The first-order chi connectivity index (χ1) is 11.7. The van der Waals surface area contributed by atoms with E-state index in [1.807, 2.05) is 42.5 Å². The maximum Gasteiger partial charge on any atom is 0.238 e. The number of hydrogen-bond acceptors (Lipinski definition) is 4.